The highest BCUT2D eigenvalue weighted by molar-refractivity contribution is 6.33. The largest absolute Gasteiger partial charge is 0.370 e. The highest BCUT2D eigenvalue weighted by atomic mass is 35.5. The Bertz CT molecular complexity index is 1930. The summed E-state index contributed by atoms with van der Waals surface area (Å²) in [5.41, 5.74) is 6.65. The van der Waals surface area contributed by atoms with Crippen molar-refractivity contribution in [3.05, 3.63) is 102 Å². The van der Waals surface area contributed by atoms with E-state index in [2.05, 4.69) is 36.4 Å². The number of benzene rings is 2. The van der Waals surface area contributed by atoms with Gasteiger partial charge in [0.25, 0.3) is 0 Å². The molecule has 2 aromatic carbocycles. The number of aromatic nitrogens is 6. The van der Waals surface area contributed by atoms with E-state index < -0.39 is 0 Å². The molecule has 1 aliphatic heterocycles. The second-order valence-corrected chi connectivity index (χ2v) is 11.6. The second kappa shape index (κ2) is 11.9. The fraction of sp³-hybridized carbons (Fsp3) is 0.206. The zero-order chi connectivity index (χ0) is 30.0. The van der Waals surface area contributed by atoms with E-state index in [4.69, 9.17) is 16.6 Å². The van der Waals surface area contributed by atoms with Crippen LogP contribution in [-0.4, -0.2) is 48.6 Å². The lowest BCUT2D eigenvalue weighted by Gasteiger charge is -2.33. The first-order valence-corrected chi connectivity index (χ1v) is 15.1. The molecule has 0 bridgehead atoms. The number of aryl methyl sites for hydroxylation is 1. The average molecular weight is 603 g/mol. The van der Waals surface area contributed by atoms with Crippen LogP contribution in [0.25, 0.3) is 33.4 Å². The molecule has 6 aromatic rings. The van der Waals surface area contributed by atoms with Gasteiger partial charge in [0.05, 0.1) is 22.6 Å². The molecule has 4 aromatic heterocycles. The van der Waals surface area contributed by atoms with Crippen molar-refractivity contribution in [1.29, 1.82) is 0 Å². The lowest BCUT2D eigenvalue weighted by molar-refractivity contribution is 0.0946. The highest BCUT2D eigenvalue weighted by Gasteiger charge is 2.25. The summed E-state index contributed by atoms with van der Waals surface area (Å²) >= 11 is 6.35. The zero-order valence-corrected chi connectivity index (χ0v) is 25.0. The van der Waals surface area contributed by atoms with E-state index in [-0.39, 0.29) is 5.78 Å². The van der Waals surface area contributed by atoms with Crippen LogP contribution >= 0.6 is 11.6 Å². The molecule has 0 unspecified atom stereocenters. The summed E-state index contributed by atoms with van der Waals surface area (Å²) in [5, 5.41) is 11.9. The van der Waals surface area contributed by atoms with Crippen molar-refractivity contribution in [2.75, 3.05) is 23.3 Å². The summed E-state index contributed by atoms with van der Waals surface area (Å²) in [5.74, 6) is 1.83. The SMILES string of the molecule is Cn1c(C(=O)CC2CCN(c3ccncc3Cl)CC2)cc2ccc(-c3nccc(Nc4ccc(-c5cn[nH]c5)cc4)n3)cc21. The first-order chi connectivity index (χ1) is 21.5. The van der Waals surface area contributed by atoms with Crippen LogP contribution in [0.2, 0.25) is 5.02 Å². The zero-order valence-electron chi connectivity index (χ0n) is 24.2. The van der Waals surface area contributed by atoms with Gasteiger partial charge < -0.3 is 14.8 Å². The minimum absolute atomic E-state index is 0.173. The van der Waals surface area contributed by atoms with Gasteiger partial charge in [0.15, 0.2) is 11.6 Å². The van der Waals surface area contributed by atoms with Gasteiger partial charge in [-0.1, -0.05) is 35.9 Å². The Labute approximate surface area is 260 Å². The van der Waals surface area contributed by atoms with Crippen LogP contribution in [-0.2, 0) is 7.05 Å². The Morgan fingerprint density at radius 3 is 2.57 bits per heavy atom. The minimum Gasteiger partial charge on any atom is -0.370 e. The molecule has 0 amide bonds. The van der Waals surface area contributed by atoms with Gasteiger partial charge in [-0.3, -0.25) is 14.9 Å². The van der Waals surface area contributed by atoms with Crippen LogP contribution in [0.15, 0.2) is 91.6 Å². The number of Topliss-reactive ketones (excluding diaryl/α,β-unsaturated/α-hetero) is 1. The van der Waals surface area contributed by atoms with Crippen molar-refractivity contribution in [2.24, 2.45) is 13.0 Å². The van der Waals surface area contributed by atoms with Crippen LogP contribution in [0.4, 0.5) is 17.2 Å². The monoisotopic (exact) mass is 602 g/mol. The summed E-state index contributed by atoms with van der Waals surface area (Å²) in [4.78, 5) is 29.1. The predicted octanol–water partition coefficient (Wildman–Crippen LogP) is 7.31. The number of anilines is 3. The third-order valence-electron chi connectivity index (χ3n) is 8.41. The molecule has 0 atom stereocenters. The maximum Gasteiger partial charge on any atom is 0.179 e. The molecular weight excluding hydrogens is 572 g/mol. The van der Waals surface area contributed by atoms with Gasteiger partial charge in [-0.2, -0.15) is 5.10 Å². The lowest BCUT2D eigenvalue weighted by atomic mass is 9.90. The molecule has 1 aliphatic rings. The van der Waals surface area contributed by atoms with Crippen molar-refractivity contribution in [2.45, 2.75) is 19.3 Å². The second-order valence-electron chi connectivity index (χ2n) is 11.2. The molecular formula is C34H31ClN8O. The van der Waals surface area contributed by atoms with Gasteiger partial charge >= 0.3 is 0 Å². The number of ketones is 1. The maximum atomic E-state index is 13.5. The van der Waals surface area contributed by atoms with Crippen molar-refractivity contribution < 1.29 is 4.79 Å². The summed E-state index contributed by atoms with van der Waals surface area (Å²) in [7, 11) is 1.96. The van der Waals surface area contributed by atoms with Crippen LogP contribution in [0.5, 0.6) is 0 Å². The quantitative estimate of drug-likeness (QED) is 0.176. The molecule has 1 saturated heterocycles. The molecule has 10 heteroatoms. The number of pyridine rings is 1. The molecule has 220 valence electrons. The van der Waals surface area contributed by atoms with E-state index >= 15 is 0 Å². The number of hydrogen-bond acceptors (Lipinski definition) is 7. The average Bonchev–Trinajstić information content (AvgIpc) is 3.71. The number of rotatable bonds is 8. The summed E-state index contributed by atoms with van der Waals surface area (Å²) in [6, 6.07) is 20.0. The molecule has 0 radical (unpaired) electrons. The molecule has 0 spiro atoms. The topological polar surface area (TPSA) is 105 Å². The molecule has 2 N–H and O–H groups in total. The molecule has 5 heterocycles. The molecule has 9 nitrogen and oxygen atoms in total. The number of halogens is 1. The number of aromatic amines is 1. The smallest absolute Gasteiger partial charge is 0.179 e. The highest BCUT2D eigenvalue weighted by Crippen LogP contribution is 2.32. The van der Waals surface area contributed by atoms with Gasteiger partial charge in [0, 0.05) is 79.1 Å². The van der Waals surface area contributed by atoms with Gasteiger partial charge in [0.1, 0.15) is 5.82 Å². The number of nitrogens with zero attached hydrogens (tertiary/aromatic N) is 6. The molecule has 0 saturated carbocycles. The van der Waals surface area contributed by atoms with Crippen LogP contribution in [0.1, 0.15) is 29.8 Å². The van der Waals surface area contributed by atoms with Crippen molar-refractivity contribution in [3.63, 3.8) is 0 Å². The van der Waals surface area contributed by atoms with Crippen LogP contribution in [0.3, 0.4) is 0 Å². The number of fused-ring (bicyclic) bond motifs is 1. The normalized spacial score (nSPS) is 13.8. The molecule has 1 fully saturated rings. The number of carbonyl (C=O) groups is 1. The minimum atomic E-state index is 0.173. The molecule has 7 rings (SSSR count). The third-order valence-corrected chi connectivity index (χ3v) is 8.71. The summed E-state index contributed by atoms with van der Waals surface area (Å²) < 4.78 is 2.00. The van der Waals surface area contributed by atoms with E-state index in [1.807, 2.05) is 72.4 Å². The summed E-state index contributed by atoms with van der Waals surface area (Å²) in [6.07, 6.45) is 11.3. The Morgan fingerprint density at radius 2 is 1.80 bits per heavy atom. The maximum absolute atomic E-state index is 13.5. The lowest BCUT2D eigenvalue weighted by Crippen LogP contribution is -2.34. The van der Waals surface area contributed by atoms with E-state index in [9.17, 15) is 4.79 Å². The number of carbonyl (C=O) groups excluding carboxylic acids is 1. The Balaban J connectivity index is 1.03. The van der Waals surface area contributed by atoms with E-state index in [1.165, 1.54) is 0 Å². The third kappa shape index (κ3) is 5.66. The van der Waals surface area contributed by atoms with Crippen LogP contribution < -0.4 is 10.2 Å². The molecule has 0 aliphatic carbocycles. The summed E-state index contributed by atoms with van der Waals surface area (Å²) in [6.45, 7) is 1.76. The van der Waals surface area contributed by atoms with Gasteiger partial charge in [-0.05, 0) is 60.7 Å². The Morgan fingerprint density at radius 1 is 0.977 bits per heavy atom. The van der Waals surface area contributed by atoms with E-state index in [0.29, 0.717) is 29.0 Å². The Hall–Kier alpha value is -5.02. The number of H-pyrrole nitrogens is 1. The van der Waals surface area contributed by atoms with Gasteiger partial charge in [-0.25, -0.2) is 9.97 Å². The number of hydrogen-bond donors (Lipinski definition) is 2. The van der Waals surface area contributed by atoms with Crippen molar-refractivity contribution >= 4 is 45.5 Å². The van der Waals surface area contributed by atoms with E-state index in [0.717, 1.165) is 70.6 Å². The van der Waals surface area contributed by atoms with Crippen LogP contribution in [0, 0.1) is 5.92 Å². The van der Waals surface area contributed by atoms with Crippen molar-refractivity contribution in [1.82, 2.24) is 29.7 Å². The van der Waals surface area contributed by atoms with Gasteiger partial charge in [0.2, 0.25) is 0 Å². The fourth-order valence-corrected chi connectivity index (χ4v) is 6.21. The fourth-order valence-electron chi connectivity index (χ4n) is 5.98. The molecule has 44 heavy (non-hydrogen) atoms. The van der Waals surface area contributed by atoms with Crippen molar-refractivity contribution in [3.8, 4) is 22.5 Å². The first-order valence-electron chi connectivity index (χ1n) is 14.7. The standard InChI is InChI=1S/C34H31ClN8O/c1-42-30-18-25(34-37-13-9-33(41-34)40-27-6-4-23(5-7-27)26-19-38-39-20-26)3-2-24(30)17-31(42)32(44)16-22-10-14-43(15-11-22)29-8-12-36-21-28(29)35/h2-9,12-13,17-22H,10-11,14-16H2,1H3,(H,38,39)(H,37,40,41). The number of piperidine rings is 1. The number of nitrogens with one attached hydrogen (secondary N) is 2. The Kier molecular flexibility index (Phi) is 7.54. The predicted molar refractivity (Wildman–Crippen MR) is 174 cm³/mol. The van der Waals surface area contributed by atoms with Gasteiger partial charge in [-0.15, -0.1) is 0 Å². The first kappa shape index (κ1) is 27.8. The van der Waals surface area contributed by atoms with E-state index in [1.54, 1.807) is 24.8 Å².